The molecule has 0 heterocycles. The maximum Gasteiger partial charge on any atom is 0.319 e. The molecule has 0 aromatic heterocycles. The lowest BCUT2D eigenvalue weighted by Gasteiger charge is -2.30. The van der Waals surface area contributed by atoms with E-state index in [1.807, 2.05) is 32.9 Å². The van der Waals surface area contributed by atoms with Crippen LogP contribution in [0.15, 0.2) is 24.3 Å². The first-order valence-electron chi connectivity index (χ1n) is 6.29. The smallest absolute Gasteiger partial charge is 0.319 e. The van der Waals surface area contributed by atoms with E-state index in [2.05, 4.69) is 10.6 Å². The number of methoxy groups -OCH3 is 1. The predicted molar refractivity (Wildman–Crippen MR) is 77.4 cm³/mol. The molecule has 1 rings (SSSR count). The molecule has 0 aliphatic heterocycles. The zero-order chi connectivity index (χ0) is 14.5. The quantitative estimate of drug-likeness (QED) is 0.781. The zero-order valence-electron chi connectivity index (χ0n) is 12.0. The van der Waals surface area contributed by atoms with E-state index < -0.39 is 0 Å². The molecule has 5 nitrogen and oxygen atoms in total. The Hall–Kier alpha value is -1.75. The lowest BCUT2D eigenvalue weighted by Crippen LogP contribution is -2.49. The third-order valence-electron chi connectivity index (χ3n) is 2.94. The number of urea groups is 1. The molecule has 0 spiro atoms. The molecule has 4 N–H and O–H groups in total. The highest BCUT2D eigenvalue weighted by Crippen LogP contribution is 2.23. The van der Waals surface area contributed by atoms with Gasteiger partial charge in [0.15, 0.2) is 0 Å². The van der Waals surface area contributed by atoms with Crippen LogP contribution in [0.2, 0.25) is 0 Å². The van der Waals surface area contributed by atoms with E-state index in [0.717, 1.165) is 0 Å². The van der Waals surface area contributed by atoms with Gasteiger partial charge in [0.1, 0.15) is 5.75 Å². The highest BCUT2D eigenvalue weighted by molar-refractivity contribution is 5.91. The first-order valence-corrected chi connectivity index (χ1v) is 6.29. The van der Waals surface area contributed by atoms with Crippen molar-refractivity contribution in [3.63, 3.8) is 0 Å². The third kappa shape index (κ3) is 4.44. The molecule has 0 radical (unpaired) electrons. The molecular formula is C14H23N3O2. The molecule has 0 bridgehead atoms. The van der Waals surface area contributed by atoms with Crippen molar-refractivity contribution in [3.05, 3.63) is 24.3 Å². The van der Waals surface area contributed by atoms with E-state index in [4.69, 9.17) is 10.5 Å². The number of ether oxygens (including phenoxy) is 1. The van der Waals surface area contributed by atoms with Crippen LogP contribution in [0, 0.1) is 5.41 Å². The van der Waals surface area contributed by atoms with E-state index in [9.17, 15) is 4.79 Å². The van der Waals surface area contributed by atoms with Crippen LogP contribution in [0.4, 0.5) is 10.5 Å². The standard InChI is InChI=1S/C14H23N3O2/c1-14(2,3)12(9-15)17-13(18)16-10-7-5-6-8-11(10)19-4/h5-8,12H,9,15H2,1-4H3,(H2,16,17,18). The minimum absolute atomic E-state index is 0.0904. The second-order valence-corrected chi connectivity index (χ2v) is 5.45. The Labute approximate surface area is 114 Å². The van der Waals surface area contributed by atoms with Gasteiger partial charge in [-0.15, -0.1) is 0 Å². The average molecular weight is 265 g/mol. The van der Waals surface area contributed by atoms with Crippen molar-refractivity contribution >= 4 is 11.7 Å². The number of benzene rings is 1. The molecule has 1 aromatic rings. The molecule has 0 saturated carbocycles. The van der Waals surface area contributed by atoms with E-state index in [1.54, 1.807) is 19.2 Å². The maximum absolute atomic E-state index is 12.0. The van der Waals surface area contributed by atoms with E-state index >= 15 is 0 Å². The summed E-state index contributed by atoms with van der Waals surface area (Å²) >= 11 is 0. The van der Waals surface area contributed by atoms with Crippen LogP contribution in [0.3, 0.4) is 0 Å². The molecule has 1 atom stereocenters. The minimum Gasteiger partial charge on any atom is -0.495 e. The molecule has 1 unspecified atom stereocenters. The van der Waals surface area contributed by atoms with Gasteiger partial charge in [-0.3, -0.25) is 0 Å². The molecule has 0 saturated heterocycles. The lowest BCUT2D eigenvalue weighted by molar-refractivity contribution is 0.230. The molecule has 5 heteroatoms. The summed E-state index contributed by atoms with van der Waals surface area (Å²) in [6.45, 7) is 6.50. The monoisotopic (exact) mass is 265 g/mol. The van der Waals surface area contributed by atoms with Crippen molar-refractivity contribution in [2.45, 2.75) is 26.8 Å². The first kappa shape index (κ1) is 15.3. The number of anilines is 1. The number of hydrogen-bond donors (Lipinski definition) is 3. The Balaban J connectivity index is 2.70. The molecule has 19 heavy (non-hydrogen) atoms. The van der Waals surface area contributed by atoms with E-state index in [0.29, 0.717) is 18.0 Å². The minimum atomic E-state index is -0.283. The van der Waals surface area contributed by atoms with Gasteiger partial charge in [0, 0.05) is 12.6 Å². The van der Waals surface area contributed by atoms with Crippen molar-refractivity contribution in [2.75, 3.05) is 19.0 Å². The third-order valence-corrected chi connectivity index (χ3v) is 2.94. The van der Waals surface area contributed by atoms with Gasteiger partial charge >= 0.3 is 6.03 Å². The van der Waals surface area contributed by atoms with Crippen LogP contribution in [-0.2, 0) is 0 Å². The summed E-state index contributed by atoms with van der Waals surface area (Å²) in [5.74, 6) is 0.623. The van der Waals surface area contributed by atoms with Crippen molar-refractivity contribution in [1.29, 1.82) is 0 Å². The van der Waals surface area contributed by atoms with Crippen molar-refractivity contribution in [2.24, 2.45) is 11.1 Å². The fourth-order valence-corrected chi connectivity index (χ4v) is 1.69. The number of nitrogens with one attached hydrogen (secondary N) is 2. The van der Waals surface area contributed by atoms with Crippen LogP contribution in [0.25, 0.3) is 0 Å². The topological polar surface area (TPSA) is 76.4 Å². The summed E-state index contributed by atoms with van der Waals surface area (Å²) in [5.41, 5.74) is 6.23. The number of para-hydroxylation sites is 2. The van der Waals surface area contributed by atoms with Gasteiger partial charge in [-0.1, -0.05) is 32.9 Å². The van der Waals surface area contributed by atoms with Gasteiger partial charge in [0.25, 0.3) is 0 Å². The first-order chi connectivity index (χ1) is 8.88. The van der Waals surface area contributed by atoms with E-state index in [-0.39, 0.29) is 17.5 Å². The fourth-order valence-electron chi connectivity index (χ4n) is 1.69. The number of carbonyl (C=O) groups is 1. The van der Waals surface area contributed by atoms with E-state index in [1.165, 1.54) is 0 Å². The highest BCUT2D eigenvalue weighted by atomic mass is 16.5. The van der Waals surface area contributed by atoms with Gasteiger partial charge in [-0.25, -0.2) is 4.79 Å². The molecule has 106 valence electrons. The number of amides is 2. The summed E-state index contributed by atoms with van der Waals surface area (Å²) in [7, 11) is 1.57. The summed E-state index contributed by atoms with van der Waals surface area (Å²) in [5, 5.41) is 5.64. The number of nitrogens with two attached hydrogens (primary N) is 1. The van der Waals surface area contributed by atoms with Crippen molar-refractivity contribution < 1.29 is 9.53 Å². The van der Waals surface area contributed by atoms with Gasteiger partial charge < -0.3 is 21.1 Å². The Morgan fingerprint density at radius 1 is 1.37 bits per heavy atom. The van der Waals surface area contributed by atoms with Crippen molar-refractivity contribution in [3.8, 4) is 5.75 Å². The molecule has 0 fully saturated rings. The SMILES string of the molecule is COc1ccccc1NC(=O)NC(CN)C(C)(C)C. The largest absolute Gasteiger partial charge is 0.495 e. The fraction of sp³-hybridized carbons (Fsp3) is 0.500. The molecule has 2 amide bonds. The van der Waals surface area contributed by atoms with Gasteiger partial charge in [-0.2, -0.15) is 0 Å². The molecular weight excluding hydrogens is 242 g/mol. The van der Waals surface area contributed by atoms with Crippen LogP contribution in [0.1, 0.15) is 20.8 Å². The van der Waals surface area contributed by atoms with Crippen molar-refractivity contribution in [1.82, 2.24) is 5.32 Å². The van der Waals surface area contributed by atoms with Crippen LogP contribution >= 0.6 is 0 Å². The molecule has 0 aliphatic carbocycles. The zero-order valence-corrected chi connectivity index (χ0v) is 12.0. The second-order valence-electron chi connectivity index (χ2n) is 5.45. The lowest BCUT2D eigenvalue weighted by atomic mass is 9.87. The maximum atomic E-state index is 12.0. The number of carbonyl (C=O) groups excluding carboxylic acids is 1. The van der Waals surface area contributed by atoms with Crippen LogP contribution < -0.4 is 21.1 Å². The summed E-state index contributed by atoms with van der Waals surface area (Å²) in [4.78, 5) is 12.0. The Kier molecular flexibility index (Phi) is 5.18. The normalized spacial score (nSPS) is 12.7. The predicted octanol–water partition coefficient (Wildman–Crippen LogP) is 2.19. The Bertz CT molecular complexity index is 427. The Morgan fingerprint density at radius 2 is 2.00 bits per heavy atom. The number of rotatable bonds is 4. The summed E-state index contributed by atoms with van der Waals surface area (Å²) in [6, 6.07) is 6.88. The second kappa shape index (κ2) is 6.43. The molecule has 1 aromatic carbocycles. The van der Waals surface area contributed by atoms with Crippen LogP contribution in [-0.4, -0.2) is 25.7 Å². The van der Waals surface area contributed by atoms with Gasteiger partial charge in [0.2, 0.25) is 0 Å². The average Bonchev–Trinajstić information content (AvgIpc) is 2.35. The highest BCUT2D eigenvalue weighted by Gasteiger charge is 2.24. The summed E-state index contributed by atoms with van der Waals surface area (Å²) < 4.78 is 5.18. The summed E-state index contributed by atoms with van der Waals surface area (Å²) in [6.07, 6.45) is 0. The van der Waals surface area contributed by atoms with Gasteiger partial charge in [0.05, 0.1) is 12.8 Å². The Morgan fingerprint density at radius 3 is 2.53 bits per heavy atom. The number of hydrogen-bond acceptors (Lipinski definition) is 3. The molecule has 0 aliphatic rings. The van der Waals surface area contributed by atoms with Crippen LogP contribution in [0.5, 0.6) is 5.75 Å². The van der Waals surface area contributed by atoms with Gasteiger partial charge in [-0.05, 0) is 17.5 Å².